The molecule has 3 fully saturated rings. The van der Waals surface area contributed by atoms with Crippen molar-refractivity contribution in [2.24, 2.45) is 5.73 Å². The fourth-order valence-electron chi connectivity index (χ4n) is 3.39. The third kappa shape index (κ3) is 1.88. The number of fused-ring (bicyclic) bond motifs is 3. The average molecular weight is 244 g/mol. The molecule has 96 valence electrons. The number of nitrogens with two attached hydrogens (primary N) is 1. The Morgan fingerprint density at radius 3 is 2.17 bits per heavy atom. The van der Waals surface area contributed by atoms with Crippen molar-refractivity contribution in [1.82, 2.24) is 4.90 Å². The standard InChI is InChI=1S/C15H20N2O/c16-11-14(18)12-1-3-13(4-2-12)15-5-8-17(9-6-15)10-7-15/h1-4H,5-11,16H2. The number of hydrogen-bond donors (Lipinski definition) is 1. The Morgan fingerprint density at radius 2 is 1.67 bits per heavy atom. The van der Waals surface area contributed by atoms with Crippen LogP contribution in [-0.2, 0) is 5.41 Å². The minimum atomic E-state index is 0.0255. The second-order valence-electron chi connectivity index (χ2n) is 5.58. The summed E-state index contributed by atoms with van der Waals surface area (Å²) in [5, 5.41) is 0. The van der Waals surface area contributed by atoms with Crippen molar-refractivity contribution in [1.29, 1.82) is 0 Å². The van der Waals surface area contributed by atoms with Gasteiger partial charge in [-0.1, -0.05) is 24.3 Å². The van der Waals surface area contributed by atoms with Crippen LogP contribution in [0.3, 0.4) is 0 Å². The van der Waals surface area contributed by atoms with Crippen molar-refractivity contribution >= 4 is 5.78 Å². The Morgan fingerprint density at radius 1 is 1.11 bits per heavy atom. The molecule has 2 N–H and O–H groups in total. The first-order valence-corrected chi connectivity index (χ1v) is 6.80. The van der Waals surface area contributed by atoms with E-state index < -0.39 is 0 Å². The second kappa shape index (κ2) is 4.48. The average Bonchev–Trinajstić information content (AvgIpc) is 2.48. The predicted molar refractivity (Wildman–Crippen MR) is 71.8 cm³/mol. The maximum Gasteiger partial charge on any atom is 0.176 e. The Balaban J connectivity index is 1.86. The molecule has 0 saturated carbocycles. The van der Waals surface area contributed by atoms with E-state index in [2.05, 4.69) is 17.0 Å². The molecule has 3 saturated heterocycles. The van der Waals surface area contributed by atoms with E-state index in [1.54, 1.807) is 0 Å². The molecule has 18 heavy (non-hydrogen) atoms. The summed E-state index contributed by atoms with van der Waals surface area (Å²) in [4.78, 5) is 14.1. The van der Waals surface area contributed by atoms with Crippen molar-refractivity contribution in [2.45, 2.75) is 24.7 Å². The normalized spacial score (nSPS) is 30.4. The van der Waals surface area contributed by atoms with E-state index in [0.717, 1.165) is 5.56 Å². The zero-order valence-electron chi connectivity index (χ0n) is 10.7. The van der Waals surface area contributed by atoms with E-state index in [0.29, 0.717) is 5.41 Å². The summed E-state index contributed by atoms with van der Waals surface area (Å²) < 4.78 is 0. The van der Waals surface area contributed by atoms with Crippen LogP contribution in [0.1, 0.15) is 35.2 Å². The van der Waals surface area contributed by atoms with E-state index >= 15 is 0 Å². The molecule has 0 spiro atoms. The summed E-state index contributed by atoms with van der Waals surface area (Å²) in [6.45, 7) is 3.77. The van der Waals surface area contributed by atoms with Gasteiger partial charge in [0.05, 0.1) is 6.54 Å². The smallest absolute Gasteiger partial charge is 0.176 e. The minimum Gasteiger partial charge on any atom is -0.324 e. The van der Waals surface area contributed by atoms with E-state index in [9.17, 15) is 4.79 Å². The number of nitrogens with zero attached hydrogens (tertiary/aromatic N) is 1. The van der Waals surface area contributed by atoms with Crippen LogP contribution in [0.4, 0.5) is 0 Å². The second-order valence-corrected chi connectivity index (χ2v) is 5.58. The highest BCUT2D eigenvalue weighted by atomic mass is 16.1. The zero-order valence-corrected chi connectivity index (χ0v) is 10.7. The Kier molecular flexibility index (Phi) is 2.96. The highest BCUT2D eigenvalue weighted by Crippen LogP contribution is 2.42. The highest BCUT2D eigenvalue weighted by Gasteiger charge is 2.40. The van der Waals surface area contributed by atoms with Gasteiger partial charge >= 0.3 is 0 Å². The van der Waals surface area contributed by atoms with Gasteiger partial charge < -0.3 is 10.6 Å². The molecular formula is C15H20N2O. The quantitative estimate of drug-likeness (QED) is 0.821. The monoisotopic (exact) mass is 244 g/mol. The maximum absolute atomic E-state index is 11.5. The predicted octanol–water partition coefficient (Wildman–Crippen LogP) is 1.57. The van der Waals surface area contributed by atoms with Crippen molar-refractivity contribution in [2.75, 3.05) is 26.2 Å². The lowest BCUT2D eigenvalue weighted by Gasteiger charge is -2.48. The molecule has 0 radical (unpaired) electrons. The third-order valence-corrected chi connectivity index (χ3v) is 4.72. The number of hydrogen-bond acceptors (Lipinski definition) is 3. The molecular weight excluding hydrogens is 224 g/mol. The van der Waals surface area contributed by atoms with Gasteiger partial charge in [-0.2, -0.15) is 0 Å². The number of rotatable bonds is 3. The molecule has 3 heterocycles. The molecule has 0 atom stereocenters. The van der Waals surface area contributed by atoms with Gasteiger partial charge in [-0.15, -0.1) is 0 Å². The van der Waals surface area contributed by atoms with Crippen LogP contribution >= 0.6 is 0 Å². The van der Waals surface area contributed by atoms with E-state index in [1.807, 2.05) is 12.1 Å². The van der Waals surface area contributed by atoms with Crippen LogP contribution in [0.25, 0.3) is 0 Å². The molecule has 3 nitrogen and oxygen atoms in total. The van der Waals surface area contributed by atoms with E-state index in [1.165, 1.54) is 44.5 Å². The van der Waals surface area contributed by atoms with Gasteiger partial charge in [-0.3, -0.25) is 4.79 Å². The van der Waals surface area contributed by atoms with Crippen LogP contribution in [0.2, 0.25) is 0 Å². The molecule has 3 aliphatic rings. The molecule has 0 amide bonds. The summed E-state index contributed by atoms with van der Waals surface area (Å²) in [5.41, 5.74) is 7.92. The molecule has 3 aliphatic heterocycles. The van der Waals surface area contributed by atoms with Gasteiger partial charge in [-0.25, -0.2) is 0 Å². The van der Waals surface area contributed by atoms with Crippen LogP contribution in [-0.4, -0.2) is 36.9 Å². The zero-order chi connectivity index (χ0) is 12.6. The summed E-state index contributed by atoms with van der Waals surface area (Å²) in [5.74, 6) is 0.0255. The lowest BCUT2D eigenvalue weighted by molar-refractivity contribution is 0.0817. The number of Topliss-reactive ketones (excluding diaryl/α,β-unsaturated/α-hetero) is 1. The lowest BCUT2D eigenvalue weighted by atomic mass is 9.67. The van der Waals surface area contributed by atoms with Gasteiger partial charge in [0.1, 0.15) is 0 Å². The maximum atomic E-state index is 11.5. The lowest BCUT2D eigenvalue weighted by Crippen LogP contribution is -2.50. The first kappa shape index (κ1) is 11.9. The molecule has 0 aliphatic carbocycles. The molecule has 1 aromatic rings. The van der Waals surface area contributed by atoms with Crippen molar-refractivity contribution in [3.63, 3.8) is 0 Å². The van der Waals surface area contributed by atoms with Crippen LogP contribution in [0, 0.1) is 0 Å². The summed E-state index contributed by atoms with van der Waals surface area (Å²) in [7, 11) is 0. The largest absolute Gasteiger partial charge is 0.324 e. The molecule has 0 aromatic heterocycles. The van der Waals surface area contributed by atoms with Gasteiger partial charge in [0.15, 0.2) is 5.78 Å². The van der Waals surface area contributed by atoms with Gasteiger partial charge in [0, 0.05) is 5.56 Å². The first-order chi connectivity index (χ1) is 8.73. The summed E-state index contributed by atoms with van der Waals surface area (Å²) in [6.07, 6.45) is 3.78. The van der Waals surface area contributed by atoms with Gasteiger partial charge in [-0.05, 0) is 49.9 Å². The van der Waals surface area contributed by atoms with Crippen LogP contribution < -0.4 is 5.73 Å². The number of carbonyl (C=O) groups is 1. The minimum absolute atomic E-state index is 0.0255. The van der Waals surface area contributed by atoms with E-state index in [-0.39, 0.29) is 12.3 Å². The SMILES string of the molecule is NCC(=O)c1ccc(C23CCN(CC2)CC3)cc1. The van der Waals surface area contributed by atoms with Crippen molar-refractivity contribution in [3.05, 3.63) is 35.4 Å². The fourth-order valence-corrected chi connectivity index (χ4v) is 3.39. The Bertz CT molecular complexity index is 430. The number of ketones is 1. The van der Waals surface area contributed by atoms with Gasteiger partial charge in [0.2, 0.25) is 0 Å². The van der Waals surface area contributed by atoms with Crippen molar-refractivity contribution < 1.29 is 4.79 Å². The number of piperidine rings is 3. The Hall–Kier alpha value is -1.19. The molecule has 4 rings (SSSR count). The van der Waals surface area contributed by atoms with E-state index in [4.69, 9.17) is 5.73 Å². The topological polar surface area (TPSA) is 46.3 Å². The molecule has 1 aromatic carbocycles. The third-order valence-electron chi connectivity index (χ3n) is 4.72. The Labute approximate surface area is 108 Å². The fraction of sp³-hybridized carbons (Fsp3) is 0.533. The van der Waals surface area contributed by atoms with Crippen LogP contribution in [0.5, 0.6) is 0 Å². The molecule has 0 unspecified atom stereocenters. The molecule has 2 bridgehead atoms. The summed E-state index contributed by atoms with van der Waals surface area (Å²) in [6, 6.07) is 8.17. The van der Waals surface area contributed by atoms with Crippen molar-refractivity contribution in [3.8, 4) is 0 Å². The number of benzene rings is 1. The highest BCUT2D eigenvalue weighted by molar-refractivity contribution is 5.97. The van der Waals surface area contributed by atoms with Crippen LogP contribution in [0.15, 0.2) is 24.3 Å². The first-order valence-electron chi connectivity index (χ1n) is 6.80. The molecule has 3 heteroatoms. The van der Waals surface area contributed by atoms with Gasteiger partial charge in [0.25, 0.3) is 0 Å². The summed E-state index contributed by atoms with van der Waals surface area (Å²) >= 11 is 0. The number of carbonyl (C=O) groups excluding carboxylic acids is 1.